The lowest BCUT2D eigenvalue weighted by atomic mass is 9.90. The third-order valence-electron chi connectivity index (χ3n) is 7.29. The first kappa shape index (κ1) is 32.1. The van der Waals surface area contributed by atoms with E-state index in [1.807, 2.05) is 67.6 Å². The molecule has 4 aromatic carbocycles. The van der Waals surface area contributed by atoms with Crippen LogP contribution in [0.1, 0.15) is 47.1 Å². The highest BCUT2D eigenvalue weighted by atomic mass is 35.5. The van der Waals surface area contributed by atoms with Gasteiger partial charge in [-0.3, -0.25) is 9.69 Å². The largest absolute Gasteiger partial charge is 0.491 e. The minimum atomic E-state index is -4.54. The van der Waals surface area contributed by atoms with Crippen LogP contribution in [0.3, 0.4) is 0 Å². The number of methoxy groups -OCH3 is 1. The van der Waals surface area contributed by atoms with Gasteiger partial charge in [0.1, 0.15) is 5.75 Å². The van der Waals surface area contributed by atoms with Gasteiger partial charge in [0, 0.05) is 25.6 Å². The molecule has 43 heavy (non-hydrogen) atoms. The van der Waals surface area contributed by atoms with Gasteiger partial charge in [-0.15, -0.1) is 0 Å². The maximum atomic E-state index is 13.7. The molecule has 0 aromatic heterocycles. The number of benzene rings is 4. The van der Waals surface area contributed by atoms with Crippen LogP contribution in [-0.2, 0) is 28.7 Å². The fraction of sp³-hybridized carbons (Fsp3) is 0.286. The van der Waals surface area contributed by atoms with Crippen LogP contribution in [0, 0.1) is 0 Å². The topological polar surface area (TPSA) is 38.8 Å². The normalized spacial score (nSPS) is 12.4. The molecule has 0 bridgehead atoms. The summed E-state index contributed by atoms with van der Waals surface area (Å²) < 4.78 is 51.9. The summed E-state index contributed by atoms with van der Waals surface area (Å²) in [6.45, 7) is 3.29. The van der Waals surface area contributed by atoms with Crippen molar-refractivity contribution >= 4 is 17.6 Å². The Morgan fingerprint density at radius 2 is 1.51 bits per heavy atom. The molecule has 0 unspecified atom stereocenters. The highest BCUT2D eigenvalue weighted by Gasteiger charge is 2.34. The molecular weight excluding hydrogens is 575 g/mol. The fourth-order valence-corrected chi connectivity index (χ4v) is 5.34. The van der Waals surface area contributed by atoms with Gasteiger partial charge in [-0.25, -0.2) is 0 Å². The highest BCUT2D eigenvalue weighted by Crippen LogP contribution is 2.37. The lowest BCUT2D eigenvalue weighted by molar-refractivity contribution is -0.140. The number of ether oxygens (including phenoxy) is 2. The monoisotopic (exact) mass is 609 g/mol. The zero-order valence-corrected chi connectivity index (χ0v) is 24.9. The Labute approximate surface area is 256 Å². The Hall–Kier alpha value is -3.81. The van der Waals surface area contributed by atoms with Gasteiger partial charge in [0.15, 0.2) is 0 Å². The third kappa shape index (κ3) is 9.34. The number of alkyl halides is 3. The van der Waals surface area contributed by atoms with Crippen molar-refractivity contribution in [1.82, 2.24) is 4.90 Å². The highest BCUT2D eigenvalue weighted by molar-refractivity contribution is 6.32. The van der Waals surface area contributed by atoms with Gasteiger partial charge in [-0.05, 0) is 53.8 Å². The summed E-state index contributed by atoms with van der Waals surface area (Å²) in [4.78, 5) is 13.8. The smallest absolute Gasteiger partial charge is 0.417 e. The first-order valence-electron chi connectivity index (χ1n) is 14.1. The second-order valence-corrected chi connectivity index (χ2v) is 10.9. The number of rotatable bonds is 13. The third-order valence-corrected chi connectivity index (χ3v) is 7.73. The van der Waals surface area contributed by atoms with Gasteiger partial charge < -0.3 is 9.47 Å². The van der Waals surface area contributed by atoms with Crippen LogP contribution < -0.4 is 4.74 Å². The average molecular weight is 610 g/mol. The van der Waals surface area contributed by atoms with Gasteiger partial charge in [-0.1, -0.05) is 96.5 Å². The summed E-state index contributed by atoms with van der Waals surface area (Å²) in [6, 6.07) is 31.5. The summed E-state index contributed by atoms with van der Waals surface area (Å²) in [5.41, 5.74) is 2.59. The fourth-order valence-electron chi connectivity index (χ4n) is 5.05. The predicted molar refractivity (Wildman–Crippen MR) is 163 cm³/mol. The van der Waals surface area contributed by atoms with Crippen molar-refractivity contribution in [1.29, 1.82) is 0 Å². The lowest BCUT2D eigenvalue weighted by Crippen LogP contribution is -2.32. The second kappa shape index (κ2) is 15.1. The molecular formula is C35H35ClF3NO3. The van der Waals surface area contributed by atoms with E-state index in [0.717, 1.165) is 22.8 Å². The molecule has 0 saturated carbocycles. The molecule has 8 heteroatoms. The van der Waals surface area contributed by atoms with Gasteiger partial charge in [0.2, 0.25) is 0 Å². The molecule has 226 valence electrons. The van der Waals surface area contributed by atoms with Crippen molar-refractivity contribution in [2.24, 2.45) is 0 Å². The SMILES string of the molecule is COC(=O)Cc1cccc(O[C@H](C)CCN(Cc2cccc(C(F)(F)F)c2Cl)CC(c2ccccc2)c2ccccc2)c1. The molecule has 0 radical (unpaired) electrons. The molecule has 4 nitrogen and oxygen atoms in total. The Kier molecular flexibility index (Phi) is 11.3. The average Bonchev–Trinajstić information content (AvgIpc) is 2.99. The van der Waals surface area contributed by atoms with E-state index in [2.05, 4.69) is 29.2 Å². The molecule has 4 rings (SSSR count). The zero-order chi connectivity index (χ0) is 30.8. The van der Waals surface area contributed by atoms with Crippen LogP contribution in [0.5, 0.6) is 5.75 Å². The van der Waals surface area contributed by atoms with E-state index in [1.54, 1.807) is 6.07 Å². The number of hydrogen-bond donors (Lipinski definition) is 0. The van der Waals surface area contributed by atoms with Crippen LogP contribution in [0.15, 0.2) is 103 Å². The minimum absolute atomic E-state index is 0.0156. The molecule has 1 atom stereocenters. The molecule has 4 aromatic rings. The number of nitrogens with zero attached hydrogens (tertiary/aromatic N) is 1. The Morgan fingerprint density at radius 1 is 0.884 bits per heavy atom. The van der Waals surface area contributed by atoms with E-state index in [9.17, 15) is 18.0 Å². The standard InChI is InChI=1S/C35H35ClF3NO3/c1-25(43-30-17-9-11-26(21-30)22-33(41)42-2)19-20-40(23-29-16-10-18-32(34(29)36)35(37,38)39)24-31(27-12-5-3-6-13-27)28-14-7-4-8-15-28/h3-18,21,25,31H,19-20,22-24H2,1-2H3/t25-/m1/s1. The van der Waals surface area contributed by atoms with Crippen molar-refractivity contribution in [3.8, 4) is 5.75 Å². The van der Waals surface area contributed by atoms with Crippen LogP contribution in [0.25, 0.3) is 0 Å². The molecule has 0 amide bonds. The number of hydrogen-bond acceptors (Lipinski definition) is 4. The first-order valence-corrected chi connectivity index (χ1v) is 14.5. The van der Waals surface area contributed by atoms with Crippen LogP contribution >= 0.6 is 11.6 Å². The Bertz CT molecular complexity index is 1420. The number of carbonyl (C=O) groups excluding carboxylic acids is 1. The van der Waals surface area contributed by atoms with E-state index in [4.69, 9.17) is 21.1 Å². The van der Waals surface area contributed by atoms with E-state index in [-0.39, 0.29) is 36.0 Å². The quantitative estimate of drug-likeness (QED) is 0.142. The maximum Gasteiger partial charge on any atom is 0.417 e. The molecule has 0 aliphatic carbocycles. The summed E-state index contributed by atoms with van der Waals surface area (Å²) >= 11 is 6.34. The number of esters is 1. The molecule has 0 saturated heterocycles. The number of halogens is 4. The molecule has 0 aliphatic rings. The van der Waals surface area contributed by atoms with Gasteiger partial charge >= 0.3 is 12.1 Å². The van der Waals surface area contributed by atoms with Crippen molar-refractivity contribution < 1.29 is 27.4 Å². The van der Waals surface area contributed by atoms with Crippen LogP contribution in [0.2, 0.25) is 5.02 Å². The van der Waals surface area contributed by atoms with E-state index in [1.165, 1.54) is 13.2 Å². The van der Waals surface area contributed by atoms with Crippen LogP contribution in [0.4, 0.5) is 13.2 Å². The van der Waals surface area contributed by atoms with Crippen LogP contribution in [-0.4, -0.2) is 37.2 Å². The van der Waals surface area contributed by atoms with Crippen molar-refractivity contribution in [2.45, 2.75) is 44.5 Å². The summed E-state index contributed by atoms with van der Waals surface area (Å²) in [6.07, 6.45) is -4.00. The molecule has 0 heterocycles. The minimum Gasteiger partial charge on any atom is -0.491 e. The van der Waals surface area contributed by atoms with Crippen molar-refractivity contribution in [3.05, 3.63) is 136 Å². The zero-order valence-electron chi connectivity index (χ0n) is 24.2. The summed E-state index contributed by atoms with van der Waals surface area (Å²) in [5.74, 6) is 0.284. The Morgan fingerprint density at radius 3 is 2.12 bits per heavy atom. The number of carbonyl (C=O) groups is 1. The molecule has 0 N–H and O–H groups in total. The summed E-state index contributed by atoms with van der Waals surface area (Å²) in [7, 11) is 1.35. The molecule has 0 aliphatic heterocycles. The Balaban J connectivity index is 1.57. The first-order chi connectivity index (χ1) is 20.6. The lowest BCUT2D eigenvalue weighted by Gasteiger charge is -2.30. The van der Waals surface area contributed by atoms with Gasteiger partial charge in [0.25, 0.3) is 0 Å². The predicted octanol–water partition coefficient (Wildman–Crippen LogP) is 8.57. The van der Waals surface area contributed by atoms with Crippen molar-refractivity contribution in [2.75, 3.05) is 20.2 Å². The van der Waals surface area contributed by atoms with Crippen molar-refractivity contribution in [3.63, 3.8) is 0 Å². The van der Waals surface area contributed by atoms with E-state index in [0.29, 0.717) is 30.8 Å². The van der Waals surface area contributed by atoms with Gasteiger partial charge in [0.05, 0.1) is 30.2 Å². The van der Waals surface area contributed by atoms with Gasteiger partial charge in [-0.2, -0.15) is 13.2 Å². The van der Waals surface area contributed by atoms with E-state index < -0.39 is 11.7 Å². The van der Waals surface area contributed by atoms with E-state index >= 15 is 0 Å². The molecule has 0 spiro atoms. The second-order valence-electron chi connectivity index (χ2n) is 10.5. The maximum absolute atomic E-state index is 13.7. The summed E-state index contributed by atoms with van der Waals surface area (Å²) in [5, 5.41) is -0.275. The molecule has 0 fully saturated rings.